The Kier molecular flexibility index (Phi) is 5.77. The number of alkyl halides is 3. The first-order chi connectivity index (χ1) is 13.6. The van der Waals surface area contributed by atoms with Gasteiger partial charge in [0.25, 0.3) is 5.91 Å². The lowest BCUT2D eigenvalue weighted by atomic mass is 9.94. The molecule has 0 aromatic heterocycles. The highest BCUT2D eigenvalue weighted by atomic mass is 35.5. The number of carbonyl (C=O) groups excluding carboxylic acids is 2. The van der Waals surface area contributed by atoms with Crippen molar-refractivity contribution in [2.24, 2.45) is 0 Å². The second-order valence-corrected chi connectivity index (χ2v) is 7.00. The Balaban J connectivity index is 2.03. The summed E-state index contributed by atoms with van der Waals surface area (Å²) in [4.78, 5) is 24.9. The Labute approximate surface area is 173 Å². The molecule has 0 saturated heterocycles. The van der Waals surface area contributed by atoms with E-state index in [1.54, 1.807) is 12.1 Å². The quantitative estimate of drug-likeness (QED) is 0.603. The molecule has 3 amide bonds. The number of rotatable bonds is 3. The number of para-hydroxylation sites is 1. The van der Waals surface area contributed by atoms with Crippen LogP contribution in [0.15, 0.2) is 53.7 Å². The summed E-state index contributed by atoms with van der Waals surface area (Å²) in [7, 11) is 0. The van der Waals surface area contributed by atoms with Gasteiger partial charge in [0, 0.05) is 5.70 Å². The molecule has 1 aliphatic heterocycles. The number of hydrogen-bond acceptors (Lipinski definition) is 2. The lowest BCUT2D eigenvalue weighted by Crippen LogP contribution is -2.46. The molecule has 3 N–H and O–H groups in total. The number of halogens is 5. The minimum Gasteiger partial charge on any atom is -0.327 e. The smallest absolute Gasteiger partial charge is 0.327 e. The van der Waals surface area contributed by atoms with Gasteiger partial charge in [-0.3, -0.25) is 4.79 Å². The van der Waals surface area contributed by atoms with Gasteiger partial charge < -0.3 is 16.0 Å². The van der Waals surface area contributed by atoms with Crippen LogP contribution in [0, 0.1) is 0 Å². The van der Waals surface area contributed by atoms with Crippen molar-refractivity contribution in [1.82, 2.24) is 10.6 Å². The van der Waals surface area contributed by atoms with Gasteiger partial charge in [0.1, 0.15) is 0 Å². The van der Waals surface area contributed by atoms with Gasteiger partial charge in [-0.2, -0.15) is 13.2 Å². The number of hydrogen-bond donors (Lipinski definition) is 3. The first kappa shape index (κ1) is 21.0. The zero-order valence-corrected chi connectivity index (χ0v) is 16.3. The third kappa shape index (κ3) is 4.33. The molecule has 0 fully saturated rings. The van der Waals surface area contributed by atoms with Crippen molar-refractivity contribution < 1.29 is 22.8 Å². The Hall–Kier alpha value is -2.71. The van der Waals surface area contributed by atoms with Crippen LogP contribution < -0.4 is 16.0 Å². The predicted molar refractivity (Wildman–Crippen MR) is 104 cm³/mol. The minimum atomic E-state index is -4.65. The van der Waals surface area contributed by atoms with Crippen molar-refractivity contribution in [1.29, 1.82) is 0 Å². The number of anilines is 1. The van der Waals surface area contributed by atoms with Crippen molar-refractivity contribution in [3.8, 4) is 0 Å². The summed E-state index contributed by atoms with van der Waals surface area (Å²) in [5.41, 5.74) is -0.875. The highest BCUT2D eigenvalue weighted by molar-refractivity contribution is 6.42. The van der Waals surface area contributed by atoms with Crippen molar-refractivity contribution in [2.45, 2.75) is 19.1 Å². The second-order valence-electron chi connectivity index (χ2n) is 6.21. The van der Waals surface area contributed by atoms with Gasteiger partial charge in [-0.25, -0.2) is 4.79 Å². The number of urea groups is 1. The van der Waals surface area contributed by atoms with E-state index in [0.29, 0.717) is 5.56 Å². The van der Waals surface area contributed by atoms with Crippen LogP contribution in [0.5, 0.6) is 0 Å². The number of allylic oxidation sites excluding steroid dienone is 1. The van der Waals surface area contributed by atoms with Gasteiger partial charge in [0.15, 0.2) is 0 Å². The summed E-state index contributed by atoms with van der Waals surface area (Å²) in [6.45, 7) is 1.47. The molecule has 0 bridgehead atoms. The third-order valence-electron chi connectivity index (χ3n) is 4.29. The molecule has 1 unspecified atom stereocenters. The fourth-order valence-electron chi connectivity index (χ4n) is 3.00. The van der Waals surface area contributed by atoms with Crippen molar-refractivity contribution in [3.05, 3.63) is 74.9 Å². The average Bonchev–Trinajstić information content (AvgIpc) is 2.62. The minimum absolute atomic E-state index is 0.00532. The zero-order chi connectivity index (χ0) is 21.3. The molecule has 0 aliphatic carbocycles. The molecule has 29 heavy (non-hydrogen) atoms. The Bertz CT molecular complexity index is 1020. The van der Waals surface area contributed by atoms with Crippen LogP contribution in [0.2, 0.25) is 10.0 Å². The maximum atomic E-state index is 13.2. The molecular formula is C19H14Cl2F3N3O2. The molecule has 5 nitrogen and oxygen atoms in total. The van der Waals surface area contributed by atoms with Crippen molar-refractivity contribution in [2.75, 3.05) is 5.32 Å². The van der Waals surface area contributed by atoms with Gasteiger partial charge >= 0.3 is 12.2 Å². The summed E-state index contributed by atoms with van der Waals surface area (Å²) < 4.78 is 39.7. The molecule has 0 saturated carbocycles. The number of benzene rings is 2. The van der Waals surface area contributed by atoms with E-state index in [-0.39, 0.29) is 21.3 Å². The predicted octanol–water partition coefficient (Wildman–Crippen LogP) is 5.28. The van der Waals surface area contributed by atoms with Gasteiger partial charge in [-0.15, -0.1) is 0 Å². The van der Waals surface area contributed by atoms with E-state index < -0.39 is 35.4 Å². The molecule has 2 aromatic rings. The van der Waals surface area contributed by atoms with Crippen LogP contribution in [-0.2, 0) is 11.0 Å². The van der Waals surface area contributed by atoms with Crippen molar-refractivity contribution >= 4 is 40.8 Å². The zero-order valence-electron chi connectivity index (χ0n) is 14.8. The van der Waals surface area contributed by atoms with E-state index in [0.717, 1.165) is 12.1 Å². The molecule has 2 aromatic carbocycles. The Morgan fingerprint density at radius 2 is 1.79 bits per heavy atom. The molecule has 3 rings (SSSR count). The largest absolute Gasteiger partial charge is 0.418 e. The fraction of sp³-hybridized carbons (Fsp3) is 0.158. The monoisotopic (exact) mass is 443 g/mol. The van der Waals surface area contributed by atoms with Crippen molar-refractivity contribution in [3.63, 3.8) is 0 Å². The van der Waals surface area contributed by atoms with E-state index in [1.165, 1.54) is 25.1 Å². The number of carbonyl (C=O) groups is 2. The number of amides is 3. The molecule has 1 atom stereocenters. The van der Waals surface area contributed by atoms with E-state index in [9.17, 15) is 22.8 Å². The van der Waals surface area contributed by atoms with Gasteiger partial charge in [-0.05, 0) is 30.7 Å². The van der Waals surface area contributed by atoms with Crippen LogP contribution in [0.4, 0.5) is 23.7 Å². The molecule has 0 radical (unpaired) electrons. The maximum absolute atomic E-state index is 13.2. The molecule has 0 spiro atoms. The lowest BCUT2D eigenvalue weighted by molar-refractivity contribution is -0.137. The Morgan fingerprint density at radius 1 is 1.10 bits per heavy atom. The molecular weight excluding hydrogens is 430 g/mol. The SMILES string of the molecule is CC1=C(C(=O)Nc2ccccc2C(F)(F)F)C(c2cccc(Cl)c2Cl)NC(=O)N1. The van der Waals surface area contributed by atoms with Gasteiger partial charge in [0.05, 0.1) is 32.9 Å². The highest BCUT2D eigenvalue weighted by Crippen LogP contribution is 2.37. The third-order valence-corrected chi connectivity index (χ3v) is 5.12. The fourth-order valence-corrected chi connectivity index (χ4v) is 3.42. The molecule has 10 heteroatoms. The van der Waals surface area contributed by atoms with E-state index in [1.807, 2.05) is 0 Å². The van der Waals surface area contributed by atoms with Crippen LogP contribution in [0.1, 0.15) is 24.1 Å². The van der Waals surface area contributed by atoms with E-state index >= 15 is 0 Å². The normalized spacial score (nSPS) is 16.9. The summed E-state index contributed by atoms with van der Waals surface area (Å²) in [5, 5.41) is 7.61. The summed E-state index contributed by atoms with van der Waals surface area (Å²) in [6.07, 6.45) is -4.65. The van der Waals surface area contributed by atoms with Crippen LogP contribution >= 0.6 is 23.2 Å². The van der Waals surface area contributed by atoms with Crippen LogP contribution in [-0.4, -0.2) is 11.9 Å². The lowest BCUT2D eigenvalue weighted by Gasteiger charge is -2.29. The summed E-state index contributed by atoms with van der Waals surface area (Å²) in [5.74, 6) is -0.826. The molecule has 1 heterocycles. The van der Waals surface area contributed by atoms with Gasteiger partial charge in [0.2, 0.25) is 0 Å². The first-order valence-corrected chi connectivity index (χ1v) is 9.05. The number of nitrogens with one attached hydrogen (secondary N) is 3. The molecule has 1 aliphatic rings. The summed E-state index contributed by atoms with van der Waals surface area (Å²) >= 11 is 12.3. The van der Waals surface area contributed by atoms with E-state index in [4.69, 9.17) is 23.2 Å². The first-order valence-electron chi connectivity index (χ1n) is 8.29. The average molecular weight is 444 g/mol. The standard InChI is InChI=1S/C19H14Cl2F3N3O2/c1-9-14(17(28)26-13-8-3-2-6-11(13)19(22,23)24)16(27-18(29)25-9)10-5-4-7-12(20)15(10)21/h2-8,16H,1H3,(H,26,28)(H2,25,27,29). The maximum Gasteiger partial charge on any atom is 0.418 e. The van der Waals surface area contributed by atoms with Crippen LogP contribution in [0.3, 0.4) is 0 Å². The van der Waals surface area contributed by atoms with Crippen LogP contribution in [0.25, 0.3) is 0 Å². The topological polar surface area (TPSA) is 70.2 Å². The second kappa shape index (κ2) is 7.96. The van der Waals surface area contributed by atoms with E-state index in [2.05, 4.69) is 16.0 Å². The summed E-state index contributed by atoms with van der Waals surface area (Å²) in [6, 6.07) is 7.69. The van der Waals surface area contributed by atoms with Gasteiger partial charge in [-0.1, -0.05) is 47.5 Å². The molecule has 152 valence electrons. The Morgan fingerprint density at radius 3 is 2.48 bits per heavy atom. The highest BCUT2D eigenvalue weighted by Gasteiger charge is 2.36.